The highest BCUT2D eigenvalue weighted by Crippen LogP contribution is 2.28. The zero-order valence-electron chi connectivity index (χ0n) is 9.15. The Bertz CT molecular complexity index is 513. The Hall–Kier alpha value is -1.97. The van der Waals surface area contributed by atoms with Crippen LogP contribution in [0, 0.1) is 0 Å². The average Bonchev–Trinajstić information content (AvgIpc) is 2.76. The zero-order chi connectivity index (χ0) is 11.5. The Morgan fingerprint density at radius 1 is 1.44 bits per heavy atom. The van der Waals surface area contributed by atoms with Crippen LogP contribution in [-0.4, -0.2) is 19.7 Å². The molecule has 0 fully saturated rings. The second-order valence-corrected chi connectivity index (χ2v) is 3.23. The van der Waals surface area contributed by atoms with E-state index in [0.29, 0.717) is 23.5 Å². The van der Waals surface area contributed by atoms with Gasteiger partial charge in [-0.2, -0.15) is 0 Å². The molecule has 16 heavy (non-hydrogen) atoms. The molecule has 4 heteroatoms. The molecule has 0 saturated carbocycles. The Morgan fingerprint density at radius 3 is 2.94 bits per heavy atom. The number of carbonyl (C=O) groups excluding carboxylic acids is 1. The maximum atomic E-state index is 11.4. The number of carbonyl (C=O) groups is 1. The van der Waals surface area contributed by atoms with E-state index in [4.69, 9.17) is 9.15 Å². The van der Waals surface area contributed by atoms with Gasteiger partial charge in [-0.05, 0) is 25.1 Å². The standard InChI is InChI=1S/C12H12O4/c1-3-15-10-6-8(12(13)14-2)7-11-9(10)4-5-16-11/h4-7H,3H2,1-2H3. The molecule has 1 aromatic carbocycles. The van der Waals surface area contributed by atoms with Gasteiger partial charge >= 0.3 is 5.97 Å². The minimum atomic E-state index is -0.403. The van der Waals surface area contributed by atoms with Crippen molar-refractivity contribution in [2.24, 2.45) is 0 Å². The van der Waals surface area contributed by atoms with E-state index < -0.39 is 5.97 Å². The van der Waals surface area contributed by atoms with Crippen molar-refractivity contribution in [3.8, 4) is 5.75 Å². The molecule has 2 aromatic rings. The maximum absolute atomic E-state index is 11.4. The summed E-state index contributed by atoms with van der Waals surface area (Å²) < 4.78 is 15.4. The number of ether oxygens (including phenoxy) is 2. The number of hydrogen-bond donors (Lipinski definition) is 0. The summed E-state index contributed by atoms with van der Waals surface area (Å²) in [5.41, 5.74) is 1.04. The molecule has 0 aliphatic rings. The van der Waals surface area contributed by atoms with Gasteiger partial charge in [0.1, 0.15) is 11.3 Å². The topological polar surface area (TPSA) is 48.7 Å². The maximum Gasteiger partial charge on any atom is 0.338 e. The van der Waals surface area contributed by atoms with Crippen LogP contribution in [0.5, 0.6) is 5.75 Å². The van der Waals surface area contributed by atoms with E-state index >= 15 is 0 Å². The van der Waals surface area contributed by atoms with Crippen LogP contribution in [0.4, 0.5) is 0 Å². The van der Waals surface area contributed by atoms with Crippen LogP contribution < -0.4 is 4.74 Å². The van der Waals surface area contributed by atoms with E-state index in [1.807, 2.05) is 6.92 Å². The number of hydrogen-bond acceptors (Lipinski definition) is 4. The van der Waals surface area contributed by atoms with Crippen LogP contribution in [-0.2, 0) is 4.74 Å². The van der Waals surface area contributed by atoms with Gasteiger partial charge in [0.15, 0.2) is 0 Å². The molecule has 4 nitrogen and oxygen atoms in total. The molecule has 0 spiro atoms. The molecule has 2 rings (SSSR count). The van der Waals surface area contributed by atoms with E-state index in [0.717, 1.165) is 5.39 Å². The molecule has 0 saturated heterocycles. The van der Waals surface area contributed by atoms with Crippen LogP contribution >= 0.6 is 0 Å². The average molecular weight is 220 g/mol. The number of esters is 1. The molecule has 84 valence electrons. The fourth-order valence-electron chi connectivity index (χ4n) is 1.55. The second kappa shape index (κ2) is 4.26. The normalized spacial score (nSPS) is 10.4. The first kappa shape index (κ1) is 10.5. The third-order valence-electron chi connectivity index (χ3n) is 2.25. The molecule has 0 bridgehead atoms. The summed E-state index contributed by atoms with van der Waals surface area (Å²) in [5.74, 6) is 0.230. The Kier molecular flexibility index (Phi) is 2.81. The van der Waals surface area contributed by atoms with Gasteiger partial charge in [0.05, 0.1) is 30.9 Å². The lowest BCUT2D eigenvalue weighted by Crippen LogP contribution is -2.02. The second-order valence-electron chi connectivity index (χ2n) is 3.23. The number of furan rings is 1. The van der Waals surface area contributed by atoms with E-state index in [1.54, 1.807) is 24.5 Å². The molecule has 0 N–H and O–H groups in total. The lowest BCUT2D eigenvalue weighted by atomic mass is 10.1. The highest BCUT2D eigenvalue weighted by atomic mass is 16.5. The summed E-state index contributed by atoms with van der Waals surface area (Å²) in [5, 5.41) is 0.856. The van der Waals surface area contributed by atoms with Gasteiger partial charge in [0.2, 0.25) is 0 Å². The third-order valence-corrected chi connectivity index (χ3v) is 2.25. The van der Waals surface area contributed by atoms with Crippen molar-refractivity contribution in [2.45, 2.75) is 6.92 Å². The van der Waals surface area contributed by atoms with Crippen LogP contribution in [0.25, 0.3) is 11.0 Å². The molecular formula is C12H12O4. The Labute approximate surface area is 92.8 Å². The first-order valence-corrected chi connectivity index (χ1v) is 4.98. The highest BCUT2D eigenvalue weighted by molar-refractivity contribution is 5.96. The molecule has 0 unspecified atom stereocenters. The molecule has 0 aliphatic carbocycles. The smallest absolute Gasteiger partial charge is 0.338 e. The SMILES string of the molecule is CCOc1cc(C(=O)OC)cc2occc12. The Morgan fingerprint density at radius 2 is 2.25 bits per heavy atom. The van der Waals surface area contributed by atoms with Gasteiger partial charge in [-0.25, -0.2) is 4.79 Å². The molecular weight excluding hydrogens is 208 g/mol. The van der Waals surface area contributed by atoms with Crippen molar-refractivity contribution in [3.05, 3.63) is 30.0 Å². The summed E-state index contributed by atoms with van der Waals surface area (Å²) >= 11 is 0. The summed E-state index contributed by atoms with van der Waals surface area (Å²) in [7, 11) is 1.34. The molecule has 0 amide bonds. The summed E-state index contributed by atoms with van der Waals surface area (Å²) in [6, 6.07) is 5.11. The third kappa shape index (κ3) is 1.74. The highest BCUT2D eigenvalue weighted by Gasteiger charge is 2.12. The molecule has 0 radical (unpaired) electrons. The fraction of sp³-hybridized carbons (Fsp3) is 0.250. The van der Waals surface area contributed by atoms with Gasteiger partial charge < -0.3 is 13.9 Å². The Balaban J connectivity index is 2.56. The van der Waals surface area contributed by atoms with Crippen molar-refractivity contribution in [2.75, 3.05) is 13.7 Å². The quantitative estimate of drug-likeness (QED) is 0.746. The molecule has 1 aromatic heterocycles. The van der Waals surface area contributed by atoms with Gasteiger partial charge in [-0.3, -0.25) is 0 Å². The largest absolute Gasteiger partial charge is 0.493 e. The van der Waals surface area contributed by atoms with Crippen LogP contribution in [0.1, 0.15) is 17.3 Å². The van der Waals surface area contributed by atoms with Crippen LogP contribution in [0.3, 0.4) is 0 Å². The summed E-state index contributed by atoms with van der Waals surface area (Å²) in [4.78, 5) is 11.4. The van der Waals surface area contributed by atoms with Crippen LogP contribution in [0.2, 0.25) is 0 Å². The van der Waals surface area contributed by atoms with Gasteiger partial charge in [0.25, 0.3) is 0 Å². The van der Waals surface area contributed by atoms with Crippen LogP contribution in [0.15, 0.2) is 28.9 Å². The predicted molar refractivity (Wildman–Crippen MR) is 58.7 cm³/mol. The van der Waals surface area contributed by atoms with Crippen molar-refractivity contribution < 1.29 is 18.7 Å². The van der Waals surface area contributed by atoms with Gasteiger partial charge in [-0.1, -0.05) is 0 Å². The first-order valence-electron chi connectivity index (χ1n) is 4.98. The van der Waals surface area contributed by atoms with E-state index in [1.165, 1.54) is 7.11 Å². The molecule has 0 atom stereocenters. The van der Waals surface area contributed by atoms with Crippen molar-refractivity contribution >= 4 is 16.9 Å². The lowest BCUT2D eigenvalue weighted by molar-refractivity contribution is 0.0600. The number of methoxy groups -OCH3 is 1. The summed E-state index contributed by atoms with van der Waals surface area (Å²) in [6.45, 7) is 2.42. The zero-order valence-corrected chi connectivity index (χ0v) is 9.15. The number of benzene rings is 1. The fourth-order valence-corrected chi connectivity index (χ4v) is 1.55. The van der Waals surface area contributed by atoms with Crippen molar-refractivity contribution in [1.82, 2.24) is 0 Å². The first-order chi connectivity index (χ1) is 7.76. The van der Waals surface area contributed by atoms with Gasteiger partial charge in [-0.15, -0.1) is 0 Å². The van der Waals surface area contributed by atoms with E-state index in [9.17, 15) is 4.79 Å². The van der Waals surface area contributed by atoms with Gasteiger partial charge in [0, 0.05) is 0 Å². The molecule has 0 aliphatic heterocycles. The number of rotatable bonds is 3. The van der Waals surface area contributed by atoms with E-state index in [2.05, 4.69) is 4.74 Å². The number of fused-ring (bicyclic) bond motifs is 1. The predicted octanol–water partition coefficient (Wildman–Crippen LogP) is 2.62. The minimum Gasteiger partial charge on any atom is -0.493 e. The summed E-state index contributed by atoms with van der Waals surface area (Å²) in [6.07, 6.45) is 1.56. The van der Waals surface area contributed by atoms with Crippen molar-refractivity contribution in [3.63, 3.8) is 0 Å². The van der Waals surface area contributed by atoms with E-state index in [-0.39, 0.29) is 0 Å². The van der Waals surface area contributed by atoms with Crippen molar-refractivity contribution in [1.29, 1.82) is 0 Å². The lowest BCUT2D eigenvalue weighted by Gasteiger charge is -2.06. The monoisotopic (exact) mass is 220 g/mol. The minimum absolute atomic E-state index is 0.403. The molecule has 1 heterocycles.